The van der Waals surface area contributed by atoms with E-state index < -0.39 is 9.70 Å². The van der Waals surface area contributed by atoms with Gasteiger partial charge in [-0.1, -0.05) is 60.8 Å². The molecule has 19 heavy (non-hydrogen) atoms. The van der Waals surface area contributed by atoms with Crippen molar-refractivity contribution in [2.24, 2.45) is 5.92 Å². The molecule has 0 saturated carbocycles. The monoisotopic (exact) mass is 323 g/mol. The number of benzene rings is 1. The Morgan fingerprint density at radius 2 is 1.84 bits per heavy atom. The summed E-state index contributed by atoms with van der Waals surface area (Å²) in [4.78, 5) is 11.4. The summed E-state index contributed by atoms with van der Waals surface area (Å²) in [5.74, 6) is 0.631. The van der Waals surface area contributed by atoms with Crippen molar-refractivity contribution in [3.8, 4) is 5.75 Å². The maximum Gasteiger partial charge on any atom is 0.272 e. The fourth-order valence-electron chi connectivity index (χ4n) is 1.25. The van der Waals surface area contributed by atoms with Crippen LogP contribution in [0.15, 0.2) is 24.3 Å². The number of amides is 1. The van der Waals surface area contributed by atoms with Gasteiger partial charge in [0, 0.05) is 6.54 Å². The molecule has 0 radical (unpaired) electrons. The van der Waals surface area contributed by atoms with Crippen LogP contribution in [-0.2, 0) is 11.3 Å². The maximum absolute atomic E-state index is 11.4. The lowest BCUT2D eigenvalue weighted by molar-refractivity contribution is -0.120. The molecule has 0 aliphatic heterocycles. The van der Waals surface area contributed by atoms with E-state index in [0.29, 0.717) is 19.1 Å². The van der Waals surface area contributed by atoms with E-state index in [9.17, 15) is 4.79 Å². The average molecular weight is 325 g/mol. The van der Waals surface area contributed by atoms with Crippen LogP contribution in [0.25, 0.3) is 0 Å². The van der Waals surface area contributed by atoms with E-state index >= 15 is 0 Å². The largest absolute Gasteiger partial charge is 0.493 e. The third-order valence-corrected chi connectivity index (χ3v) is 2.73. The summed E-state index contributed by atoms with van der Waals surface area (Å²) in [5, 5.41) is 2.53. The Kier molecular flexibility index (Phi) is 6.24. The summed E-state index contributed by atoms with van der Waals surface area (Å²) in [7, 11) is 0. The van der Waals surface area contributed by atoms with E-state index in [4.69, 9.17) is 39.5 Å². The number of hydrogen-bond donors (Lipinski definition) is 1. The second kappa shape index (κ2) is 7.22. The van der Waals surface area contributed by atoms with Crippen molar-refractivity contribution in [1.82, 2.24) is 5.32 Å². The van der Waals surface area contributed by atoms with Gasteiger partial charge in [0.2, 0.25) is 0 Å². The fourth-order valence-corrected chi connectivity index (χ4v) is 1.45. The molecule has 0 heterocycles. The molecule has 0 unspecified atom stereocenters. The van der Waals surface area contributed by atoms with Crippen LogP contribution < -0.4 is 10.1 Å². The molecule has 1 aromatic rings. The van der Waals surface area contributed by atoms with Crippen molar-refractivity contribution in [3.63, 3.8) is 0 Å². The zero-order valence-corrected chi connectivity index (χ0v) is 13.0. The molecule has 0 atom stereocenters. The number of carbonyl (C=O) groups excluding carboxylic acids is 1. The van der Waals surface area contributed by atoms with Crippen molar-refractivity contribution in [2.75, 3.05) is 6.61 Å². The number of nitrogens with one attached hydrogen (secondary N) is 1. The summed E-state index contributed by atoms with van der Waals surface area (Å²) in [6.45, 7) is 5.14. The lowest BCUT2D eigenvalue weighted by Gasteiger charge is -2.12. The second-order valence-corrected chi connectivity index (χ2v) is 6.81. The van der Waals surface area contributed by atoms with E-state index in [1.54, 1.807) is 0 Å². The molecule has 0 fully saturated rings. The van der Waals surface area contributed by atoms with Gasteiger partial charge in [-0.05, 0) is 23.6 Å². The standard InChI is InChI=1S/C13H16Cl3NO2/c1-9(2)8-19-11-5-3-10(4-6-11)7-17-12(18)13(14,15)16/h3-6,9H,7-8H2,1-2H3,(H,17,18). The number of carbonyl (C=O) groups is 1. The Morgan fingerprint density at radius 1 is 1.26 bits per heavy atom. The van der Waals surface area contributed by atoms with Gasteiger partial charge in [-0.15, -0.1) is 0 Å². The van der Waals surface area contributed by atoms with Gasteiger partial charge in [0.1, 0.15) is 5.75 Å². The summed E-state index contributed by atoms with van der Waals surface area (Å²) in [6, 6.07) is 7.40. The van der Waals surface area contributed by atoms with Crippen molar-refractivity contribution < 1.29 is 9.53 Å². The minimum atomic E-state index is -1.93. The molecule has 1 amide bonds. The van der Waals surface area contributed by atoms with Gasteiger partial charge in [0.25, 0.3) is 9.70 Å². The van der Waals surface area contributed by atoms with Gasteiger partial charge >= 0.3 is 0 Å². The fraction of sp³-hybridized carbons (Fsp3) is 0.462. The normalized spacial score (nSPS) is 11.5. The van der Waals surface area contributed by atoms with Crippen LogP contribution in [0.3, 0.4) is 0 Å². The van der Waals surface area contributed by atoms with Gasteiger partial charge in [-0.25, -0.2) is 0 Å². The summed E-state index contributed by atoms with van der Waals surface area (Å²) in [5.41, 5.74) is 0.902. The van der Waals surface area contributed by atoms with Crippen molar-refractivity contribution in [3.05, 3.63) is 29.8 Å². The first-order valence-corrected chi connectivity index (χ1v) is 6.99. The Hall–Kier alpha value is -0.640. The van der Waals surface area contributed by atoms with Crippen LogP contribution in [0.5, 0.6) is 5.75 Å². The molecule has 1 rings (SSSR count). The molecule has 6 heteroatoms. The van der Waals surface area contributed by atoms with E-state index in [1.807, 2.05) is 24.3 Å². The highest BCUT2D eigenvalue weighted by Crippen LogP contribution is 2.26. The van der Waals surface area contributed by atoms with E-state index in [1.165, 1.54) is 0 Å². The minimum absolute atomic E-state index is 0.303. The first kappa shape index (κ1) is 16.4. The number of rotatable bonds is 5. The lowest BCUT2D eigenvalue weighted by Crippen LogP contribution is -2.33. The Morgan fingerprint density at radius 3 is 2.32 bits per heavy atom. The van der Waals surface area contributed by atoms with E-state index in [-0.39, 0.29) is 0 Å². The third-order valence-electron chi connectivity index (χ3n) is 2.22. The lowest BCUT2D eigenvalue weighted by atomic mass is 10.2. The predicted octanol–water partition coefficient (Wildman–Crippen LogP) is 3.71. The van der Waals surface area contributed by atoms with Gasteiger partial charge in [0.15, 0.2) is 0 Å². The molecule has 106 valence electrons. The molecule has 0 saturated heterocycles. The van der Waals surface area contributed by atoms with E-state index in [2.05, 4.69) is 19.2 Å². The molecule has 0 bridgehead atoms. The van der Waals surface area contributed by atoms with Crippen LogP contribution in [0.1, 0.15) is 19.4 Å². The molecule has 0 aliphatic carbocycles. The first-order valence-electron chi connectivity index (χ1n) is 5.86. The zero-order chi connectivity index (χ0) is 14.5. The highest BCUT2D eigenvalue weighted by Gasteiger charge is 2.29. The van der Waals surface area contributed by atoms with Crippen LogP contribution in [0.4, 0.5) is 0 Å². The molecular weight excluding hydrogens is 309 g/mol. The van der Waals surface area contributed by atoms with Crippen molar-refractivity contribution >= 4 is 40.7 Å². The minimum Gasteiger partial charge on any atom is -0.493 e. The van der Waals surface area contributed by atoms with Crippen LogP contribution in [0, 0.1) is 5.92 Å². The number of ether oxygens (including phenoxy) is 1. The Balaban J connectivity index is 2.46. The average Bonchev–Trinajstić information content (AvgIpc) is 2.33. The van der Waals surface area contributed by atoms with Gasteiger partial charge < -0.3 is 10.1 Å². The smallest absolute Gasteiger partial charge is 0.272 e. The molecule has 1 aromatic carbocycles. The topological polar surface area (TPSA) is 38.3 Å². The Labute approximate surface area is 128 Å². The predicted molar refractivity (Wildman–Crippen MR) is 78.9 cm³/mol. The molecule has 0 aromatic heterocycles. The number of halogens is 3. The van der Waals surface area contributed by atoms with Crippen LogP contribution >= 0.6 is 34.8 Å². The van der Waals surface area contributed by atoms with Crippen LogP contribution in [0.2, 0.25) is 0 Å². The summed E-state index contributed by atoms with van der Waals surface area (Å²) < 4.78 is 3.62. The molecular formula is C13H16Cl3NO2. The number of hydrogen-bond acceptors (Lipinski definition) is 2. The third kappa shape index (κ3) is 6.37. The highest BCUT2D eigenvalue weighted by atomic mass is 35.6. The maximum atomic E-state index is 11.4. The second-order valence-electron chi connectivity index (χ2n) is 4.53. The van der Waals surface area contributed by atoms with Crippen LogP contribution in [-0.4, -0.2) is 16.3 Å². The van der Waals surface area contributed by atoms with Gasteiger partial charge in [0.05, 0.1) is 6.61 Å². The van der Waals surface area contributed by atoms with Crippen molar-refractivity contribution in [1.29, 1.82) is 0 Å². The first-order chi connectivity index (χ1) is 8.79. The highest BCUT2D eigenvalue weighted by molar-refractivity contribution is 6.76. The molecule has 1 N–H and O–H groups in total. The summed E-state index contributed by atoms with van der Waals surface area (Å²) in [6.07, 6.45) is 0. The molecule has 0 spiro atoms. The number of alkyl halides is 3. The SMILES string of the molecule is CC(C)COc1ccc(CNC(=O)C(Cl)(Cl)Cl)cc1. The molecule has 3 nitrogen and oxygen atoms in total. The Bertz CT molecular complexity index is 413. The van der Waals surface area contributed by atoms with Crippen molar-refractivity contribution in [2.45, 2.75) is 24.2 Å². The van der Waals surface area contributed by atoms with Gasteiger partial charge in [-0.3, -0.25) is 4.79 Å². The quantitative estimate of drug-likeness (QED) is 0.839. The molecule has 0 aliphatic rings. The summed E-state index contributed by atoms with van der Waals surface area (Å²) >= 11 is 16.3. The zero-order valence-electron chi connectivity index (χ0n) is 10.8. The van der Waals surface area contributed by atoms with E-state index in [0.717, 1.165) is 11.3 Å². The van der Waals surface area contributed by atoms with Gasteiger partial charge in [-0.2, -0.15) is 0 Å².